The quantitative estimate of drug-likeness (QED) is 0.774. The van der Waals surface area contributed by atoms with E-state index in [2.05, 4.69) is 4.74 Å². The number of benzene rings is 1. The lowest BCUT2D eigenvalue weighted by Gasteiger charge is -2.19. The number of carbonyl (C=O) groups excluding carboxylic acids is 1. The van der Waals surface area contributed by atoms with Crippen molar-refractivity contribution in [1.82, 2.24) is 0 Å². The minimum Gasteiger partial charge on any atom is -0.493 e. The maximum Gasteiger partial charge on any atom is 0.306 e. The number of ether oxygens (including phenoxy) is 3. The first-order valence-corrected chi connectivity index (χ1v) is 5.65. The van der Waals surface area contributed by atoms with Gasteiger partial charge in [-0.25, -0.2) is 0 Å². The van der Waals surface area contributed by atoms with E-state index in [1.165, 1.54) is 7.11 Å². The summed E-state index contributed by atoms with van der Waals surface area (Å²) < 4.78 is 15.2. The molecule has 1 rings (SSSR count). The molecule has 1 aromatic carbocycles. The maximum atomic E-state index is 11.4. The Balaban J connectivity index is 3.08. The summed E-state index contributed by atoms with van der Waals surface area (Å²) in [7, 11) is 4.49. The average Bonchev–Trinajstić information content (AvgIpc) is 2.43. The molecule has 0 heterocycles. The molecule has 18 heavy (non-hydrogen) atoms. The van der Waals surface area contributed by atoms with Gasteiger partial charge in [-0.2, -0.15) is 0 Å². The van der Waals surface area contributed by atoms with Crippen molar-refractivity contribution in [1.29, 1.82) is 0 Å². The van der Waals surface area contributed by atoms with Crippen LogP contribution in [0.15, 0.2) is 18.2 Å². The molecule has 1 unspecified atom stereocenters. The normalized spacial score (nSPS) is 11.8. The number of hydrogen-bond acceptors (Lipinski definition) is 5. The lowest BCUT2D eigenvalue weighted by molar-refractivity contribution is -0.141. The number of nitrogens with two attached hydrogens (primary N) is 1. The Morgan fingerprint density at radius 2 is 2.00 bits per heavy atom. The van der Waals surface area contributed by atoms with Crippen LogP contribution >= 0.6 is 0 Å². The lowest BCUT2D eigenvalue weighted by Crippen LogP contribution is -2.18. The van der Waals surface area contributed by atoms with E-state index in [1.54, 1.807) is 20.3 Å². The Morgan fingerprint density at radius 3 is 2.50 bits per heavy atom. The SMILES string of the molecule is COC(=O)CC(CN)c1cccc(OC)c1OC. The summed E-state index contributed by atoms with van der Waals surface area (Å²) in [4.78, 5) is 11.4. The molecule has 0 saturated heterocycles. The van der Waals surface area contributed by atoms with Crippen LogP contribution in [-0.4, -0.2) is 33.8 Å². The molecule has 1 atom stereocenters. The zero-order valence-corrected chi connectivity index (χ0v) is 10.9. The highest BCUT2D eigenvalue weighted by atomic mass is 16.5. The van der Waals surface area contributed by atoms with Crippen molar-refractivity contribution in [3.8, 4) is 11.5 Å². The summed E-state index contributed by atoms with van der Waals surface area (Å²) in [5.41, 5.74) is 6.57. The molecule has 5 heteroatoms. The Morgan fingerprint density at radius 1 is 1.28 bits per heavy atom. The van der Waals surface area contributed by atoms with Gasteiger partial charge in [-0.05, 0) is 12.6 Å². The van der Waals surface area contributed by atoms with Crippen molar-refractivity contribution in [3.63, 3.8) is 0 Å². The number of hydrogen-bond donors (Lipinski definition) is 1. The van der Waals surface area contributed by atoms with Crippen LogP contribution in [0.5, 0.6) is 11.5 Å². The van der Waals surface area contributed by atoms with Gasteiger partial charge in [0.1, 0.15) is 0 Å². The summed E-state index contributed by atoms with van der Waals surface area (Å²) in [6, 6.07) is 5.52. The molecule has 0 fully saturated rings. The van der Waals surface area contributed by atoms with Crippen LogP contribution in [0.3, 0.4) is 0 Å². The highest BCUT2D eigenvalue weighted by Crippen LogP contribution is 2.36. The number of rotatable bonds is 6. The van der Waals surface area contributed by atoms with Gasteiger partial charge in [0, 0.05) is 11.5 Å². The summed E-state index contributed by atoms with van der Waals surface area (Å²) in [5.74, 6) is 0.787. The molecule has 0 bridgehead atoms. The molecule has 100 valence electrons. The molecule has 0 aromatic heterocycles. The molecular weight excluding hydrogens is 234 g/mol. The van der Waals surface area contributed by atoms with Gasteiger partial charge in [-0.15, -0.1) is 0 Å². The number of esters is 1. The van der Waals surface area contributed by atoms with Crippen molar-refractivity contribution in [2.45, 2.75) is 12.3 Å². The van der Waals surface area contributed by atoms with E-state index < -0.39 is 0 Å². The van der Waals surface area contributed by atoms with E-state index in [0.717, 1.165) is 5.56 Å². The number of methoxy groups -OCH3 is 3. The Kier molecular flexibility index (Phi) is 5.45. The van der Waals surface area contributed by atoms with Crippen molar-refractivity contribution in [3.05, 3.63) is 23.8 Å². The largest absolute Gasteiger partial charge is 0.493 e. The molecule has 0 amide bonds. The van der Waals surface area contributed by atoms with E-state index in [1.807, 2.05) is 12.1 Å². The lowest BCUT2D eigenvalue weighted by atomic mass is 9.94. The third kappa shape index (κ3) is 3.13. The minimum absolute atomic E-state index is 0.150. The second-order valence-electron chi connectivity index (χ2n) is 3.80. The van der Waals surface area contributed by atoms with Crippen LogP contribution in [0.1, 0.15) is 17.9 Å². The van der Waals surface area contributed by atoms with E-state index in [0.29, 0.717) is 18.0 Å². The monoisotopic (exact) mass is 253 g/mol. The minimum atomic E-state index is -0.296. The third-order valence-corrected chi connectivity index (χ3v) is 2.80. The zero-order chi connectivity index (χ0) is 13.5. The summed E-state index contributed by atoms with van der Waals surface area (Å²) in [5, 5.41) is 0. The molecule has 0 aliphatic carbocycles. The van der Waals surface area contributed by atoms with Gasteiger partial charge < -0.3 is 19.9 Å². The van der Waals surface area contributed by atoms with Crippen LogP contribution in [-0.2, 0) is 9.53 Å². The first kappa shape index (κ1) is 14.3. The summed E-state index contributed by atoms with van der Waals surface area (Å²) in [6.07, 6.45) is 0.219. The van der Waals surface area contributed by atoms with E-state index in [9.17, 15) is 4.79 Å². The molecular formula is C13H19NO4. The van der Waals surface area contributed by atoms with Crippen LogP contribution in [0.4, 0.5) is 0 Å². The predicted octanol–water partition coefficient (Wildman–Crippen LogP) is 1.31. The molecule has 5 nitrogen and oxygen atoms in total. The highest BCUT2D eigenvalue weighted by molar-refractivity contribution is 5.71. The second kappa shape index (κ2) is 6.86. The van der Waals surface area contributed by atoms with Crippen molar-refractivity contribution >= 4 is 5.97 Å². The van der Waals surface area contributed by atoms with Gasteiger partial charge in [0.2, 0.25) is 0 Å². The van der Waals surface area contributed by atoms with Crippen LogP contribution in [0.25, 0.3) is 0 Å². The predicted molar refractivity (Wildman–Crippen MR) is 68.0 cm³/mol. The first-order valence-electron chi connectivity index (χ1n) is 5.65. The fourth-order valence-corrected chi connectivity index (χ4v) is 1.84. The Hall–Kier alpha value is -1.75. The van der Waals surface area contributed by atoms with Gasteiger partial charge in [-0.1, -0.05) is 12.1 Å². The van der Waals surface area contributed by atoms with Gasteiger partial charge >= 0.3 is 5.97 Å². The average molecular weight is 253 g/mol. The molecule has 0 aliphatic heterocycles. The van der Waals surface area contributed by atoms with Gasteiger partial charge in [0.15, 0.2) is 11.5 Å². The zero-order valence-electron chi connectivity index (χ0n) is 10.9. The molecule has 2 N–H and O–H groups in total. The molecule has 0 radical (unpaired) electrons. The van der Waals surface area contributed by atoms with E-state index >= 15 is 0 Å². The molecule has 0 spiro atoms. The number of carbonyl (C=O) groups is 1. The van der Waals surface area contributed by atoms with Crippen molar-refractivity contribution < 1.29 is 19.0 Å². The Labute approximate surface area is 107 Å². The third-order valence-electron chi connectivity index (χ3n) is 2.80. The highest BCUT2D eigenvalue weighted by Gasteiger charge is 2.21. The standard InChI is InChI=1S/C13H19NO4/c1-16-11-6-4-5-10(13(11)18-3)9(8-14)7-12(15)17-2/h4-6,9H,7-8,14H2,1-3H3. The smallest absolute Gasteiger partial charge is 0.306 e. The first-order chi connectivity index (χ1) is 8.67. The maximum absolute atomic E-state index is 11.4. The molecule has 0 aliphatic rings. The molecule has 1 aromatic rings. The topological polar surface area (TPSA) is 70.8 Å². The number of para-hydroxylation sites is 1. The van der Waals surface area contributed by atoms with Gasteiger partial charge in [0.25, 0.3) is 0 Å². The molecule has 0 saturated carbocycles. The second-order valence-corrected chi connectivity index (χ2v) is 3.80. The van der Waals surface area contributed by atoms with Crippen LogP contribution in [0, 0.1) is 0 Å². The Bertz CT molecular complexity index is 406. The van der Waals surface area contributed by atoms with E-state index in [4.69, 9.17) is 15.2 Å². The van der Waals surface area contributed by atoms with Crippen molar-refractivity contribution in [2.24, 2.45) is 5.73 Å². The van der Waals surface area contributed by atoms with Crippen LogP contribution in [0.2, 0.25) is 0 Å². The fraction of sp³-hybridized carbons (Fsp3) is 0.462. The van der Waals surface area contributed by atoms with Crippen LogP contribution < -0.4 is 15.2 Å². The fourth-order valence-electron chi connectivity index (χ4n) is 1.84. The van der Waals surface area contributed by atoms with Gasteiger partial charge in [0.05, 0.1) is 27.8 Å². The van der Waals surface area contributed by atoms with Gasteiger partial charge in [-0.3, -0.25) is 4.79 Å². The van der Waals surface area contributed by atoms with E-state index in [-0.39, 0.29) is 18.3 Å². The summed E-state index contributed by atoms with van der Waals surface area (Å²) >= 11 is 0. The van der Waals surface area contributed by atoms with Crippen molar-refractivity contribution in [2.75, 3.05) is 27.9 Å². The summed E-state index contributed by atoms with van der Waals surface area (Å²) in [6.45, 7) is 0.332.